The number of hydrogen-bond acceptors (Lipinski definition) is 6. The lowest BCUT2D eigenvalue weighted by Crippen LogP contribution is -2.30. The molecular formula is C16H15ClF2N4O3. The van der Waals surface area contributed by atoms with Crippen molar-refractivity contribution in [3.8, 4) is 5.75 Å². The van der Waals surface area contributed by atoms with Gasteiger partial charge in [0.2, 0.25) is 5.95 Å². The number of alkyl halides is 2. The molecule has 1 aliphatic heterocycles. The lowest BCUT2D eigenvalue weighted by atomic mass is 9.95. The van der Waals surface area contributed by atoms with Gasteiger partial charge in [0.25, 0.3) is 0 Å². The number of anilines is 1. The van der Waals surface area contributed by atoms with Crippen molar-refractivity contribution in [2.45, 2.75) is 26.5 Å². The van der Waals surface area contributed by atoms with Gasteiger partial charge in [0.05, 0.1) is 12.2 Å². The summed E-state index contributed by atoms with van der Waals surface area (Å²) in [7, 11) is 0. The Morgan fingerprint density at radius 1 is 1.46 bits per heavy atom. The lowest BCUT2D eigenvalue weighted by Gasteiger charge is -2.29. The number of fused-ring (bicyclic) bond motifs is 1. The molecule has 0 fully saturated rings. The predicted octanol–water partition coefficient (Wildman–Crippen LogP) is 3.38. The fraction of sp³-hybridized carbons (Fsp3) is 0.312. The van der Waals surface area contributed by atoms with Gasteiger partial charge in [0.1, 0.15) is 18.1 Å². The zero-order valence-corrected chi connectivity index (χ0v) is 14.6. The molecular weight excluding hydrogens is 370 g/mol. The van der Waals surface area contributed by atoms with Crippen LogP contribution >= 0.6 is 11.6 Å². The van der Waals surface area contributed by atoms with Gasteiger partial charge in [-0.15, -0.1) is 0 Å². The Labute approximate surface area is 152 Å². The third-order valence-electron chi connectivity index (χ3n) is 3.77. The summed E-state index contributed by atoms with van der Waals surface area (Å²) in [6.45, 7) is 0.450. The number of aromatic nitrogens is 3. The molecule has 138 valence electrons. The molecule has 0 bridgehead atoms. The molecule has 0 saturated carbocycles. The number of halogens is 3. The molecule has 0 saturated heterocycles. The monoisotopic (exact) mass is 384 g/mol. The van der Waals surface area contributed by atoms with Gasteiger partial charge in [-0.3, -0.25) is 0 Å². The number of nitrogens with one attached hydrogen (secondary N) is 1. The van der Waals surface area contributed by atoms with E-state index in [0.29, 0.717) is 16.7 Å². The van der Waals surface area contributed by atoms with E-state index in [1.54, 1.807) is 13.8 Å². The van der Waals surface area contributed by atoms with Crippen LogP contribution < -0.4 is 10.1 Å². The van der Waals surface area contributed by atoms with Crippen molar-refractivity contribution in [3.05, 3.63) is 46.4 Å². The fourth-order valence-electron chi connectivity index (χ4n) is 2.79. The molecule has 1 aromatic heterocycles. The Balaban J connectivity index is 2.20. The smallest absolute Gasteiger partial charge is 0.387 e. The maximum Gasteiger partial charge on any atom is 0.387 e. The van der Waals surface area contributed by atoms with Crippen LogP contribution in [0, 0.1) is 0 Å². The van der Waals surface area contributed by atoms with Gasteiger partial charge in [-0.25, -0.2) is 9.48 Å². The van der Waals surface area contributed by atoms with E-state index in [2.05, 4.69) is 20.1 Å². The zero-order valence-electron chi connectivity index (χ0n) is 13.9. The molecule has 0 spiro atoms. The molecule has 2 aromatic rings. The van der Waals surface area contributed by atoms with Crippen LogP contribution in [-0.4, -0.2) is 34.0 Å². The summed E-state index contributed by atoms with van der Waals surface area (Å²) in [4.78, 5) is 16.6. The standard InChI is InChI=1S/C16H15ClF2N4O3/c1-3-25-14(24)12-8(2)22-16-20-7-21-23(16)13(12)10-6-9(17)4-5-11(10)26-15(18)19/h4-7,13,15H,3H2,1-2H3,(H,20,21,22)/t13-/m1/s1. The van der Waals surface area contributed by atoms with Gasteiger partial charge in [0.15, 0.2) is 0 Å². The molecule has 1 N–H and O–H groups in total. The Morgan fingerprint density at radius 3 is 2.92 bits per heavy atom. The molecule has 0 radical (unpaired) electrons. The zero-order chi connectivity index (χ0) is 18.8. The number of benzene rings is 1. The predicted molar refractivity (Wildman–Crippen MR) is 89.2 cm³/mol. The van der Waals surface area contributed by atoms with Gasteiger partial charge in [-0.1, -0.05) is 11.6 Å². The summed E-state index contributed by atoms with van der Waals surface area (Å²) in [5.74, 6) is -0.373. The lowest BCUT2D eigenvalue weighted by molar-refractivity contribution is -0.139. The highest BCUT2D eigenvalue weighted by Crippen LogP contribution is 2.40. The highest BCUT2D eigenvalue weighted by Gasteiger charge is 2.36. The maximum atomic E-state index is 12.9. The number of esters is 1. The normalized spacial score (nSPS) is 16.3. The van der Waals surface area contributed by atoms with Crippen LogP contribution in [0.15, 0.2) is 35.8 Å². The molecule has 1 aliphatic rings. The van der Waals surface area contributed by atoms with E-state index >= 15 is 0 Å². The molecule has 0 amide bonds. The summed E-state index contributed by atoms with van der Waals surface area (Å²) >= 11 is 6.06. The number of carbonyl (C=O) groups excluding carboxylic acids is 1. The van der Waals surface area contributed by atoms with E-state index in [1.165, 1.54) is 29.2 Å². The SMILES string of the molecule is CCOC(=O)C1=C(C)Nc2ncnn2[C@@H]1c1cc(Cl)ccc1OC(F)F. The van der Waals surface area contributed by atoms with Crippen molar-refractivity contribution < 1.29 is 23.0 Å². The van der Waals surface area contributed by atoms with Gasteiger partial charge < -0.3 is 14.8 Å². The van der Waals surface area contributed by atoms with E-state index in [0.717, 1.165) is 0 Å². The van der Waals surface area contributed by atoms with Crippen LogP contribution in [0.5, 0.6) is 5.75 Å². The second-order valence-corrected chi connectivity index (χ2v) is 5.81. The summed E-state index contributed by atoms with van der Waals surface area (Å²) in [5, 5.41) is 7.35. The van der Waals surface area contributed by atoms with E-state index in [-0.39, 0.29) is 23.5 Å². The van der Waals surface area contributed by atoms with Gasteiger partial charge in [-0.2, -0.15) is 18.9 Å². The number of hydrogen-bond donors (Lipinski definition) is 1. The maximum absolute atomic E-state index is 12.9. The highest BCUT2D eigenvalue weighted by molar-refractivity contribution is 6.30. The number of carbonyl (C=O) groups is 1. The number of rotatable bonds is 5. The third-order valence-corrected chi connectivity index (χ3v) is 4.01. The molecule has 26 heavy (non-hydrogen) atoms. The average molecular weight is 385 g/mol. The molecule has 0 aliphatic carbocycles. The summed E-state index contributed by atoms with van der Waals surface area (Å²) in [6.07, 6.45) is 1.29. The van der Waals surface area contributed by atoms with Crippen molar-refractivity contribution >= 4 is 23.5 Å². The Kier molecular flexibility index (Phi) is 5.08. The highest BCUT2D eigenvalue weighted by atomic mass is 35.5. The molecule has 7 nitrogen and oxygen atoms in total. The van der Waals surface area contributed by atoms with Crippen LogP contribution in [0.3, 0.4) is 0 Å². The first kappa shape index (κ1) is 18.1. The van der Waals surface area contributed by atoms with Crippen molar-refractivity contribution in [1.29, 1.82) is 0 Å². The first-order chi connectivity index (χ1) is 12.4. The molecule has 1 atom stereocenters. The first-order valence-corrected chi connectivity index (χ1v) is 8.08. The third kappa shape index (κ3) is 3.34. The number of nitrogens with zero attached hydrogens (tertiary/aromatic N) is 3. The summed E-state index contributed by atoms with van der Waals surface area (Å²) in [6, 6.07) is 3.31. The van der Waals surface area contributed by atoms with Crippen LogP contribution in [0.25, 0.3) is 0 Å². The van der Waals surface area contributed by atoms with E-state index in [9.17, 15) is 13.6 Å². The second-order valence-electron chi connectivity index (χ2n) is 5.38. The summed E-state index contributed by atoms with van der Waals surface area (Å²) < 4.78 is 36.8. The van der Waals surface area contributed by atoms with Crippen molar-refractivity contribution in [2.75, 3.05) is 11.9 Å². The van der Waals surface area contributed by atoms with Crippen LogP contribution in [0.2, 0.25) is 5.02 Å². The van der Waals surface area contributed by atoms with Crippen molar-refractivity contribution in [1.82, 2.24) is 14.8 Å². The van der Waals surface area contributed by atoms with Crippen LogP contribution in [0.4, 0.5) is 14.7 Å². The second kappa shape index (κ2) is 7.28. The summed E-state index contributed by atoms with van der Waals surface area (Å²) in [5.41, 5.74) is 0.914. The minimum Gasteiger partial charge on any atom is -0.463 e. The van der Waals surface area contributed by atoms with Gasteiger partial charge in [-0.05, 0) is 32.0 Å². The quantitative estimate of drug-likeness (QED) is 0.796. The van der Waals surface area contributed by atoms with E-state index in [1.807, 2.05) is 0 Å². The fourth-order valence-corrected chi connectivity index (χ4v) is 2.97. The molecule has 0 unspecified atom stereocenters. The van der Waals surface area contributed by atoms with E-state index in [4.69, 9.17) is 16.3 Å². The first-order valence-electron chi connectivity index (χ1n) is 7.71. The van der Waals surface area contributed by atoms with Crippen molar-refractivity contribution in [2.24, 2.45) is 0 Å². The number of ether oxygens (including phenoxy) is 2. The molecule has 1 aromatic carbocycles. The van der Waals surface area contributed by atoms with E-state index < -0.39 is 18.6 Å². The van der Waals surface area contributed by atoms with Gasteiger partial charge in [0, 0.05) is 16.3 Å². The molecule has 10 heteroatoms. The molecule has 3 rings (SSSR count). The number of allylic oxidation sites excluding steroid dienone is 1. The Morgan fingerprint density at radius 2 is 2.23 bits per heavy atom. The average Bonchev–Trinajstić information content (AvgIpc) is 3.03. The minimum absolute atomic E-state index is 0.118. The minimum atomic E-state index is -3.04. The Hall–Kier alpha value is -2.68. The Bertz CT molecular complexity index is 869. The largest absolute Gasteiger partial charge is 0.463 e. The topological polar surface area (TPSA) is 78.3 Å². The van der Waals surface area contributed by atoms with Crippen molar-refractivity contribution in [3.63, 3.8) is 0 Å². The van der Waals surface area contributed by atoms with Crippen LogP contribution in [-0.2, 0) is 9.53 Å². The van der Waals surface area contributed by atoms with Gasteiger partial charge >= 0.3 is 12.6 Å². The van der Waals surface area contributed by atoms with Crippen LogP contribution in [0.1, 0.15) is 25.5 Å². The molecule has 2 heterocycles.